The molecule has 2 N–H and O–H groups in total. The van der Waals surface area contributed by atoms with Crippen LogP contribution in [0.4, 0.5) is 30.6 Å². The number of piperazine rings is 1. The van der Waals surface area contributed by atoms with E-state index >= 15 is 0 Å². The average molecular weight is 559 g/mol. The van der Waals surface area contributed by atoms with Crippen molar-refractivity contribution < 1.29 is 18.1 Å². The van der Waals surface area contributed by atoms with Crippen LogP contribution in [0.2, 0.25) is 0 Å². The lowest BCUT2D eigenvalue weighted by Crippen LogP contribution is -2.48. The van der Waals surface area contributed by atoms with Crippen LogP contribution >= 0.6 is 0 Å². The van der Waals surface area contributed by atoms with Crippen molar-refractivity contribution in [2.45, 2.75) is 19.9 Å². The van der Waals surface area contributed by atoms with Gasteiger partial charge in [-0.1, -0.05) is 29.4 Å². The van der Waals surface area contributed by atoms with Crippen LogP contribution in [0.5, 0.6) is 0 Å². The number of nitrogens with zero attached hydrogens (tertiary/aromatic N) is 4. The van der Waals surface area contributed by atoms with E-state index in [2.05, 4.69) is 30.6 Å². The smallest absolute Gasteiger partial charge is 0.323 e. The SMILES string of the molecule is CN=Cc1cc(NC(=O)Nc2c(C)noc2C)ccc1N1CCN(C(c2ccc(F)cc2)c2ccc(F)cc2)CC1. The second-order valence-corrected chi connectivity index (χ2v) is 9.97. The van der Waals surface area contributed by atoms with E-state index in [-0.39, 0.29) is 17.7 Å². The number of carbonyl (C=O) groups is 1. The number of hydrogen-bond acceptors (Lipinski definition) is 6. The fourth-order valence-electron chi connectivity index (χ4n) is 5.23. The third kappa shape index (κ3) is 6.44. The van der Waals surface area contributed by atoms with Crippen molar-refractivity contribution in [2.24, 2.45) is 4.99 Å². The molecule has 0 spiro atoms. The first-order chi connectivity index (χ1) is 19.8. The maximum atomic E-state index is 13.7. The summed E-state index contributed by atoms with van der Waals surface area (Å²) in [5.41, 5.74) is 5.57. The van der Waals surface area contributed by atoms with Crippen molar-refractivity contribution in [1.82, 2.24) is 10.1 Å². The van der Waals surface area contributed by atoms with Crippen LogP contribution in [-0.2, 0) is 0 Å². The average Bonchev–Trinajstić information content (AvgIpc) is 3.28. The molecule has 1 aliphatic rings. The maximum absolute atomic E-state index is 13.7. The molecule has 10 heteroatoms. The highest BCUT2D eigenvalue weighted by molar-refractivity contribution is 6.01. The lowest BCUT2D eigenvalue weighted by molar-refractivity contribution is 0.212. The van der Waals surface area contributed by atoms with Gasteiger partial charge in [-0.15, -0.1) is 0 Å². The van der Waals surface area contributed by atoms with Crippen molar-refractivity contribution in [3.8, 4) is 0 Å². The number of aromatic nitrogens is 1. The topological polar surface area (TPSA) is 86.0 Å². The summed E-state index contributed by atoms with van der Waals surface area (Å²) in [6, 6.07) is 18.2. The number of hydrogen-bond donors (Lipinski definition) is 2. The van der Waals surface area contributed by atoms with E-state index < -0.39 is 6.03 Å². The molecular formula is C31H32F2N6O2. The maximum Gasteiger partial charge on any atom is 0.323 e. The molecule has 2 heterocycles. The largest absolute Gasteiger partial charge is 0.368 e. The lowest BCUT2D eigenvalue weighted by Gasteiger charge is -2.41. The zero-order chi connectivity index (χ0) is 28.9. The van der Waals surface area contributed by atoms with Crippen LogP contribution in [0.3, 0.4) is 0 Å². The number of carbonyl (C=O) groups excluding carboxylic acids is 1. The first kappa shape index (κ1) is 28.0. The van der Waals surface area contributed by atoms with Gasteiger partial charge in [0.05, 0.1) is 6.04 Å². The van der Waals surface area contributed by atoms with E-state index in [0.717, 1.165) is 48.6 Å². The summed E-state index contributed by atoms with van der Waals surface area (Å²) < 4.78 is 32.5. The molecule has 0 radical (unpaired) electrons. The predicted octanol–water partition coefficient (Wildman–Crippen LogP) is 6.17. The molecule has 1 fully saturated rings. The van der Waals surface area contributed by atoms with Crippen molar-refractivity contribution in [3.05, 3.63) is 107 Å². The van der Waals surface area contributed by atoms with E-state index in [1.165, 1.54) is 24.3 Å². The van der Waals surface area contributed by atoms with Crippen molar-refractivity contribution in [3.63, 3.8) is 0 Å². The van der Waals surface area contributed by atoms with Crippen molar-refractivity contribution >= 4 is 29.3 Å². The van der Waals surface area contributed by atoms with Gasteiger partial charge in [-0.25, -0.2) is 13.6 Å². The Balaban J connectivity index is 1.31. The zero-order valence-corrected chi connectivity index (χ0v) is 23.2. The second kappa shape index (κ2) is 12.3. The normalized spacial score (nSPS) is 14.1. The van der Waals surface area contributed by atoms with Gasteiger partial charge in [-0.3, -0.25) is 9.89 Å². The van der Waals surface area contributed by atoms with Gasteiger partial charge >= 0.3 is 6.03 Å². The molecule has 1 saturated heterocycles. The Morgan fingerprint density at radius 1 is 0.927 bits per heavy atom. The van der Waals surface area contributed by atoms with Gasteiger partial charge in [-0.2, -0.15) is 0 Å². The molecule has 0 atom stereocenters. The third-order valence-electron chi connectivity index (χ3n) is 7.22. The summed E-state index contributed by atoms with van der Waals surface area (Å²) in [6.07, 6.45) is 1.78. The summed E-state index contributed by atoms with van der Waals surface area (Å²) in [5.74, 6) is -0.0478. The molecule has 0 aliphatic carbocycles. The van der Waals surface area contributed by atoms with Crippen LogP contribution < -0.4 is 15.5 Å². The molecule has 212 valence electrons. The van der Waals surface area contributed by atoms with Gasteiger partial charge in [0.1, 0.15) is 23.0 Å². The molecule has 1 aliphatic heterocycles. The number of halogens is 2. The minimum Gasteiger partial charge on any atom is -0.368 e. The fourth-order valence-corrected chi connectivity index (χ4v) is 5.23. The second-order valence-electron chi connectivity index (χ2n) is 9.97. The number of amides is 2. The molecule has 3 aromatic carbocycles. The van der Waals surface area contributed by atoms with Crippen LogP contribution in [-0.4, -0.2) is 55.5 Å². The number of aryl methyl sites for hydroxylation is 2. The number of anilines is 3. The highest BCUT2D eigenvalue weighted by Crippen LogP contribution is 2.32. The molecule has 2 amide bonds. The number of nitrogens with one attached hydrogen (secondary N) is 2. The Labute approximate surface area is 237 Å². The van der Waals surface area contributed by atoms with Crippen molar-refractivity contribution in [1.29, 1.82) is 0 Å². The van der Waals surface area contributed by atoms with Gasteiger partial charge in [0.25, 0.3) is 0 Å². The summed E-state index contributed by atoms with van der Waals surface area (Å²) >= 11 is 0. The summed E-state index contributed by atoms with van der Waals surface area (Å²) in [4.78, 5) is 21.5. The molecule has 0 bridgehead atoms. The Kier molecular flexibility index (Phi) is 8.39. The highest BCUT2D eigenvalue weighted by Gasteiger charge is 2.27. The van der Waals surface area contributed by atoms with Gasteiger partial charge in [0.2, 0.25) is 0 Å². The lowest BCUT2D eigenvalue weighted by atomic mass is 9.96. The molecule has 1 aromatic heterocycles. The predicted molar refractivity (Wildman–Crippen MR) is 157 cm³/mol. The molecule has 8 nitrogen and oxygen atoms in total. The van der Waals surface area contributed by atoms with Crippen LogP contribution in [0.25, 0.3) is 0 Å². The van der Waals surface area contributed by atoms with Crippen LogP contribution in [0.1, 0.15) is 34.2 Å². The minimum atomic E-state index is -0.396. The zero-order valence-electron chi connectivity index (χ0n) is 23.2. The van der Waals surface area contributed by atoms with Crippen LogP contribution in [0, 0.1) is 25.5 Å². The van der Waals surface area contributed by atoms with Crippen LogP contribution in [0.15, 0.2) is 76.2 Å². The summed E-state index contributed by atoms with van der Waals surface area (Å²) in [5, 5.41) is 9.52. The number of urea groups is 1. The Bertz CT molecular complexity index is 1460. The third-order valence-corrected chi connectivity index (χ3v) is 7.22. The van der Waals surface area contributed by atoms with E-state index in [1.54, 1.807) is 51.4 Å². The Hall–Kier alpha value is -4.57. The minimum absolute atomic E-state index is 0.127. The first-order valence-corrected chi connectivity index (χ1v) is 13.4. The number of benzene rings is 3. The summed E-state index contributed by atoms with van der Waals surface area (Å²) in [7, 11) is 1.71. The first-order valence-electron chi connectivity index (χ1n) is 13.4. The van der Waals surface area contributed by atoms with Gasteiger partial charge < -0.3 is 20.1 Å². The molecule has 5 rings (SSSR count). The van der Waals surface area contributed by atoms with Gasteiger partial charge in [0.15, 0.2) is 5.76 Å². The van der Waals surface area contributed by atoms with Gasteiger partial charge in [0, 0.05) is 56.4 Å². The number of rotatable bonds is 7. The van der Waals surface area contributed by atoms with Gasteiger partial charge in [-0.05, 0) is 67.4 Å². The number of aliphatic imine (C=N–C) groups is 1. The molecular weight excluding hydrogens is 526 g/mol. The Morgan fingerprint density at radius 2 is 1.54 bits per heavy atom. The van der Waals surface area contributed by atoms with E-state index in [1.807, 2.05) is 18.2 Å². The Morgan fingerprint density at radius 3 is 2.07 bits per heavy atom. The van der Waals surface area contributed by atoms with E-state index in [4.69, 9.17) is 4.52 Å². The van der Waals surface area contributed by atoms with E-state index in [0.29, 0.717) is 22.8 Å². The molecule has 4 aromatic rings. The summed E-state index contributed by atoms with van der Waals surface area (Å²) in [6.45, 7) is 6.45. The van der Waals surface area contributed by atoms with E-state index in [9.17, 15) is 13.6 Å². The monoisotopic (exact) mass is 558 g/mol. The molecule has 41 heavy (non-hydrogen) atoms. The molecule has 0 saturated carbocycles. The highest BCUT2D eigenvalue weighted by atomic mass is 19.1. The quantitative estimate of drug-likeness (QED) is 0.265. The fraction of sp³-hybridized carbons (Fsp3) is 0.258. The standard InChI is InChI=1S/C31H32F2N6O2/c1-20-29(21(2)41-37-20)36-31(40)35-27-12-13-28(24(18-27)19-34-3)38-14-16-39(17-15-38)30(22-4-8-25(32)9-5-22)23-6-10-26(33)11-7-23/h4-13,18-19,30H,14-17H2,1-3H3,(H2,35,36,40). The molecule has 0 unspecified atom stereocenters. The van der Waals surface area contributed by atoms with Crippen molar-refractivity contribution in [2.75, 3.05) is 48.8 Å².